The van der Waals surface area contributed by atoms with E-state index in [1.165, 1.54) is 16.3 Å². The second-order valence-corrected chi connectivity index (χ2v) is 2.78. The summed E-state index contributed by atoms with van der Waals surface area (Å²) in [5, 5.41) is 2.56. The zero-order valence-corrected chi connectivity index (χ0v) is 9.88. The van der Waals surface area contributed by atoms with E-state index < -0.39 is 0 Å². The molecule has 0 nitrogen and oxygen atoms in total. The van der Waals surface area contributed by atoms with E-state index in [0.717, 1.165) is 0 Å². The fourth-order valence-electron chi connectivity index (χ4n) is 1.25. The van der Waals surface area contributed by atoms with Crippen LogP contribution in [0.5, 0.6) is 0 Å². The topological polar surface area (TPSA) is 0 Å². The van der Waals surface area contributed by atoms with Crippen molar-refractivity contribution in [2.75, 3.05) is 0 Å². The van der Waals surface area contributed by atoms with Crippen LogP contribution >= 0.6 is 0 Å². The number of benzene rings is 2. The summed E-state index contributed by atoms with van der Waals surface area (Å²) in [7, 11) is 0. The molecule has 2 aromatic carbocycles. The molecule has 0 aliphatic rings. The van der Waals surface area contributed by atoms with Gasteiger partial charge in [0.1, 0.15) is 0 Å². The van der Waals surface area contributed by atoms with Gasteiger partial charge in [0, 0.05) is 32.7 Å². The van der Waals surface area contributed by atoms with Gasteiger partial charge >= 0.3 is 0 Å². The summed E-state index contributed by atoms with van der Waals surface area (Å²) in [5.74, 6) is 0. The summed E-state index contributed by atoms with van der Waals surface area (Å²) in [5.41, 5.74) is 1.31. The summed E-state index contributed by atoms with van der Waals surface area (Å²) in [6.07, 6.45) is 0. The maximum absolute atomic E-state index is 3.05. The normalized spacial score (nSPS) is 9.42. The van der Waals surface area contributed by atoms with Crippen molar-refractivity contribution in [2.24, 2.45) is 0 Å². The van der Waals surface area contributed by atoms with Crippen molar-refractivity contribution in [3.05, 3.63) is 48.0 Å². The van der Waals surface area contributed by atoms with Crippen LogP contribution in [-0.4, -0.2) is 0 Å². The minimum absolute atomic E-state index is 0. The molecule has 2 aromatic rings. The van der Waals surface area contributed by atoms with Crippen LogP contribution in [0, 0.1) is 13.0 Å². The standard InChI is InChI=1S/C11H9.Y/c1-9-6-7-10-4-2-3-5-11(10)8-9;/h3-8H,1H3;/q-1;. The van der Waals surface area contributed by atoms with Crippen molar-refractivity contribution < 1.29 is 32.7 Å². The van der Waals surface area contributed by atoms with Gasteiger partial charge in [-0.3, -0.25) is 0 Å². The third-order valence-electron chi connectivity index (χ3n) is 1.84. The van der Waals surface area contributed by atoms with E-state index in [9.17, 15) is 0 Å². The molecule has 57 valence electrons. The molecule has 0 heterocycles. The minimum Gasteiger partial charge on any atom is -0.183 e. The number of hydrogen-bond acceptors (Lipinski definition) is 0. The molecule has 0 aromatic heterocycles. The van der Waals surface area contributed by atoms with Crippen molar-refractivity contribution in [2.45, 2.75) is 6.92 Å². The van der Waals surface area contributed by atoms with Crippen molar-refractivity contribution in [1.29, 1.82) is 0 Å². The van der Waals surface area contributed by atoms with Gasteiger partial charge in [-0.1, -0.05) is 17.7 Å². The SMILES string of the molecule is Cc1ccc2c[c-]ccc2c1.[Y]. The Balaban J connectivity index is 0.000000720. The number of rotatable bonds is 0. The zero-order valence-electron chi connectivity index (χ0n) is 7.04. The average Bonchev–Trinajstić information content (AvgIpc) is 2.04. The predicted molar refractivity (Wildman–Crippen MR) is 47.5 cm³/mol. The molecule has 0 unspecified atom stereocenters. The molecule has 1 radical (unpaired) electrons. The smallest absolute Gasteiger partial charge is 0 e. The third-order valence-corrected chi connectivity index (χ3v) is 1.84. The average molecular weight is 230 g/mol. The molecule has 12 heavy (non-hydrogen) atoms. The summed E-state index contributed by atoms with van der Waals surface area (Å²) < 4.78 is 0. The third kappa shape index (κ3) is 1.94. The van der Waals surface area contributed by atoms with Gasteiger partial charge in [0.05, 0.1) is 0 Å². The Labute approximate surface area is 97.9 Å². The summed E-state index contributed by atoms with van der Waals surface area (Å²) >= 11 is 0. The predicted octanol–water partition coefficient (Wildman–Crippen LogP) is 2.95. The van der Waals surface area contributed by atoms with Gasteiger partial charge < -0.3 is 0 Å². The molecule has 0 bridgehead atoms. The van der Waals surface area contributed by atoms with Crippen LogP contribution in [0.25, 0.3) is 10.8 Å². The number of aryl methyl sites for hydroxylation is 1. The first-order valence-electron chi connectivity index (χ1n) is 3.73. The first-order valence-corrected chi connectivity index (χ1v) is 3.73. The fraction of sp³-hybridized carbons (Fsp3) is 0.0909. The van der Waals surface area contributed by atoms with Crippen molar-refractivity contribution in [1.82, 2.24) is 0 Å². The molecule has 1 heteroatoms. The quantitative estimate of drug-likeness (QED) is 0.610. The van der Waals surface area contributed by atoms with Crippen LogP contribution < -0.4 is 0 Å². The molecule has 0 N–H and O–H groups in total. The van der Waals surface area contributed by atoms with Gasteiger partial charge in [0.15, 0.2) is 0 Å². The maximum Gasteiger partial charge on any atom is 0 e. The van der Waals surface area contributed by atoms with Crippen molar-refractivity contribution in [3.8, 4) is 0 Å². The number of hydrogen-bond donors (Lipinski definition) is 0. The first kappa shape index (κ1) is 9.89. The Hall–Kier alpha value is -0.196. The monoisotopic (exact) mass is 230 g/mol. The second-order valence-electron chi connectivity index (χ2n) is 2.78. The molecule has 0 saturated carbocycles. The van der Waals surface area contributed by atoms with Gasteiger partial charge in [-0.15, -0.1) is 16.8 Å². The van der Waals surface area contributed by atoms with E-state index in [0.29, 0.717) is 0 Å². The Morgan fingerprint density at radius 1 is 1.08 bits per heavy atom. The van der Waals surface area contributed by atoms with Gasteiger partial charge in [0.2, 0.25) is 0 Å². The van der Waals surface area contributed by atoms with Crippen LogP contribution in [0.15, 0.2) is 36.4 Å². The minimum atomic E-state index is 0. The largest absolute Gasteiger partial charge is 0.183 e. The van der Waals surface area contributed by atoms with Crippen molar-refractivity contribution in [3.63, 3.8) is 0 Å². The van der Waals surface area contributed by atoms with Crippen molar-refractivity contribution >= 4 is 10.8 Å². The number of fused-ring (bicyclic) bond motifs is 1. The maximum atomic E-state index is 3.05. The van der Waals surface area contributed by atoms with Crippen LogP contribution in [0.1, 0.15) is 5.56 Å². The van der Waals surface area contributed by atoms with Gasteiger partial charge in [-0.2, -0.15) is 24.3 Å². The molecular weight excluding hydrogens is 221 g/mol. The van der Waals surface area contributed by atoms with E-state index in [2.05, 4.69) is 37.3 Å². The van der Waals surface area contributed by atoms with Crippen LogP contribution in [0.3, 0.4) is 0 Å². The first-order chi connectivity index (χ1) is 5.36. The molecule has 0 aliphatic carbocycles. The van der Waals surface area contributed by atoms with Crippen LogP contribution in [0.2, 0.25) is 0 Å². The Kier molecular flexibility index (Phi) is 3.43. The molecule has 0 spiro atoms. The van der Waals surface area contributed by atoms with E-state index in [4.69, 9.17) is 0 Å². The van der Waals surface area contributed by atoms with Crippen LogP contribution in [-0.2, 0) is 32.7 Å². The molecular formula is C11H9Y-. The van der Waals surface area contributed by atoms with Gasteiger partial charge in [-0.25, -0.2) is 0 Å². The fourth-order valence-corrected chi connectivity index (χ4v) is 1.25. The molecule has 0 atom stereocenters. The Morgan fingerprint density at radius 2 is 1.92 bits per heavy atom. The molecule has 0 amide bonds. The van der Waals surface area contributed by atoms with Crippen LogP contribution in [0.4, 0.5) is 0 Å². The van der Waals surface area contributed by atoms with E-state index in [-0.39, 0.29) is 32.7 Å². The molecule has 0 fully saturated rings. The summed E-state index contributed by atoms with van der Waals surface area (Å²) in [6, 6.07) is 15.5. The summed E-state index contributed by atoms with van der Waals surface area (Å²) in [4.78, 5) is 0. The molecule has 2 rings (SSSR count). The van der Waals surface area contributed by atoms with Gasteiger partial charge in [0.25, 0.3) is 0 Å². The summed E-state index contributed by atoms with van der Waals surface area (Å²) in [6.45, 7) is 2.11. The molecule has 0 saturated heterocycles. The zero-order chi connectivity index (χ0) is 7.68. The van der Waals surface area contributed by atoms with E-state index in [1.54, 1.807) is 0 Å². The van der Waals surface area contributed by atoms with E-state index in [1.807, 2.05) is 12.1 Å². The second kappa shape index (κ2) is 4.16. The molecule has 0 aliphatic heterocycles. The van der Waals surface area contributed by atoms with E-state index >= 15 is 0 Å². The Bertz CT molecular complexity index is 379. The van der Waals surface area contributed by atoms with Gasteiger partial charge in [-0.05, 0) is 6.92 Å². The Morgan fingerprint density at radius 3 is 2.75 bits per heavy atom.